The molecule has 0 aliphatic rings. The van der Waals surface area contributed by atoms with Crippen LogP contribution in [-0.4, -0.2) is 20.8 Å². The SMILES string of the molecule is NC(=Nc1cccc(Br)c1)c1ccnc2nc[nH]c12. The molecule has 3 aromatic rings. The average molecular weight is 316 g/mol. The van der Waals surface area contributed by atoms with Crippen LogP contribution in [0.2, 0.25) is 0 Å². The van der Waals surface area contributed by atoms with Crippen molar-refractivity contribution in [2.75, 3.05) is 0 Å². The Balaban J connectivity index is 2.08. The van der Waals surface area contributed by atoms with Gasteiger partial charge in [0.05, 0.1) is 17.5 Å². The largest absolute Gasteiger partial charge is 0.383 e. The van der Waals surface area contributed by atoms with Crippen LogP contribution in [0.5, 0.6) is 0 Å². The summed E-state index contributed by atoms with van der Waals surface area (Å²) in [4.78, 5) is 15.7. The van der Waals surface area contributed by atoms with Gasteiger partial charge in [0, 0.05) is 16.2 Å². The maximum atomic E-state index is 6.06. The fourth-order valence-electron chi connectivity index (χ4n) is 1.81. The molecule has 0 spiro atoms. The molecule has 3 N–H and O–H groups in total. The first-order valence-corrected chi connectivity index (χ1v) is 6.41. The monoisotopic (exact) mass is 315 g/mol. The molecule has 0 saturated carbocycles. The molecule has 0 fully saturated rings. The Morgan fingerprint density at radius 3 is 3.00 bits per heavy atom. The van der Waals surface area contributed by atoms with Crippen molar-refractivity contribution in [3.63, 3.8) is 0 Å². The molecule has 5 nitrogen and oxygen atoms in total. The van der Waals surface area contributed by atoms with Crippen molar-refractivity contribution in [1.29, 1.82) is 0 Å². The van der Waals surface area contributed by atoms with Crippen LogP contribution in [-0.2, 0) is 0 Å². The molecule has 0 bridgehead atoms. The summed E-state index contributed by atoms with van der Waals surface area (Å²) in [5.41, 5.74) is 9.06. The van der Waals surface area contributed by atoms with E-state index >= 15 is 0 Å². The van der Waals surface area contributed by atoms with Gasteiger partial charge in [0.2, 0.25) is 0 Å². The van der Waals surface area contributed by atoms with E-state index < -0.39 is 0 Å². The van der Waals surface area contributed by atoms with Gasteiger partial charge in [-0.2, -0.15) is 0 Å². The van der Waals surface area contributed by atoms with Crippen molar-refractivity contribution >= 4 is 38.6 Å². The molecule has 19 heavy (non-hydrogen) atoms. The summed E-state index contributed by atoms with van der Waals surface area (Å²) in [5, 5.41) is 0. The van der Waals surface area contributed by atoms with Gasteiger partial charge in [-0.1, -0.05) is 22.0 Å². The summed E-state index contributed by atoms with van der Waals surface area (Å²) < 4.78 is 0.961. The fraction of sp³-hybridized carbons (Fsp3) is 0. The van der Waals surface area contributed by atoms with Crippen molar-refractivity contribution in [3.05, 3.63) is 52.9 Å². The number of fused-ring (bicyclic) bond motifs is 1. The zero-order chi connectivity index (χ0) is 13.2. The van der Waals surface area contributed by atoms with Crippen molar-refractivity contribution < 1.29 is 0 Å². The quantitative estimate of drug-likeness (QED) is 0.563. The second-order valence-electron chi connectivity index (χ2n) is 3.94. The van der Waals surface area contributed by atoms with Crippen molar-refractivity contribution in [2.24, 2.45) is 10.7 Å². The number of halogens is 1. The number of nitrogens with two attached hydrogens (primary N) is 1. The molecule has 2 heterocycles. The van der Waals surface area contributed by atoms with Gasteiger partial charge < -0.3 is 10.7 Å². The number of H-pyrrole nitrogens is 1. The highest BCUT2D eigenvalue weighted by Crippen LogP contribution is 2.20. The van der Waals surface area contributed by atoms with Crippen LogP contribution in [0, 0.1) is 0 Å². The molecular weight excluding hydrogens is 306 g/mol. The number of benzene rings is 1. The molecule has 6 heteroatoms. The van der Waals surface area contributed by atoms with E-state index in [9.17, 15) is 0 Å². The third-order valence-electron chi connectivity index (χ3n) is 2.66. The van der Waals surface area contributed by atoms with Gasteiger partial charge in [-0.05, 0) is 24.3 Å². The van der Waals surface area contributed by atoms with E-state index in [1.807, 2.05) is 30.3 Å². The number of hydrogen-bond acceptors (Lipinski definition) is 3. The third kappa shape index (κ3) is 2.34. The smallest absolute Gasteiger partial charge is 0.178 e. The normalized spacial score (nSPS) is 11.9. The number of rotatable bonds is 2. The van der Waals surface area contributed by atoms with Crippen LogP contribution < -0.4 is 5.73 Å². The number of aromatic nitrogens is 3. The van der Waals surface area contributed by atoms with E-state index in [0.717, 1.165) is 21.2 Å². The van der Waals surface area contributed by atoms with E-state index in [2.05, 4.69) is 35.9 Å². The van der Waals surface area contributed by atoms with E-state index in [0.29, 0.717) is 11.5 Å². The molecule has 0 radical (unpaired) electrons. The Morgan fingerprint density at radius 2 is 2.16 bits per heavy atom. The summed E-state index contributed by atoms with van der Waals surface area (Å²) in [6, 6.07) is 9.46. The van der Waals surface area contributed by atoms with Gasteiger partial charge in [0.25, 0.3) is 0 Å². The minimum Gasteiger partial charge on any atom is -0.383 e. The Morgan fingerprint density at radius 1 is 1.26 bits per heavy atom. The summed E-state index contributed by atoms with van der Waals surface area (Å²) in [6.07, 6.45) is 3.26. The van der Waals surface area contributed by atoms with E-state index in [-0.39, 0.29) is 0 Å². The van der Waals surface area contributed by atoms with Gasteiger partial charge in [-0.3, -0.25) is 0 Å². The second-order valence-corrected chi connectivity index (χ2v) is 4.85. The Labute approximate surface area is 117 Å². The highest BCUT2D eigenvalue weighted by Gasteiger charge is 2.07. The Hall–Kier alpha value is -2.21. The summed E-state index contributed by atoms with van der Waals surface area (Å²) >= 11 is 3.41. The Bertz CT molecular complexity index is 762. The molecular formula is C13H10BrN5. The molecule has 2 aromatic heterocycles. The second kappa shape index (κ2) is 4.81. The highest BCUT2D eigenvalue weighted by atomic mass is 79.9. The topological polar surface area (TPSA) is 79.9 Å². The maximum absolute atomic E-state index is 6.06. The van der Waals surface area contributed by atoms with E-state index in [1.165, 1.54) is 0 Å². The molecule has 94 valence electrons. The van der Waals surface area contributed by atoms with Gasteiger partial charge in [-0.15, -0.1) is 0 Å². The molecule has 0 saturated heterocycles. The molecule has 1 aromatic carbocycles. The van der Waals surface area contributed by atoms with Crippen molar-refractivity contribution in [3.8, 4) is 0 Å². The highest BCUT2D eigenvalue weighted by molar-refractivity contribution is 9.10. The van der Waals surface area contributed by atoms with Crippen LogP contribution >= 0.6 is 15.9 Å². The van der Waals surface area contributed by atoms with Gasteiger partial charge in [-0.25, -0.2) is 15.0 Å². The number of pyridine rings is 1. The number of aliphatic imine (C=N–C) groups is 1. The first kappa shape index (κ1) is 11.9. The van der Waals surface area contributed by atoms with Crippen LogP contribution in [0.1, 0.15) is 5.56 Å². The molecule has 0 atom stereocenters. The summed E-state index contributed by atoms with van der Waals surface area (Å²) in [6.45, 7) is 0. The lowest BCUT2D eigenvalue weighted by molar-refractivity contribution is 1.30. The number of amidine groups is 1. The van der Waals surface area contributed by atoms with Crippen LogP contribution in [0.4, 0.5) is 5.69 Å². The molecule has 0 amide bonds. The first-order valence-electron chi connectivity index (χ1n) is 5.62. The lowest BCUT2D eigenvalue weighted by atomic mass is 10.2. The fourth-order valence-corrected chi connectivity index (χ4v) is 2.19. The van der Waals surface area contributed by atoms with E-state index in [4.69, 9.17) is 5.73 Å². The number of nitrogens with one attached hydrogen (secondary N) is 1. The van der Waals surface area contributed by atoms with Crippen LogP contribution in [0.3, 0.4) is 0 Å². The third-order valence-corrected chi connectivity index (χ3v) is 3.15. The van der Waals surface area contributed by atoms with Gasteiger partial charge >= 0.3 is 0 Å². The molecule has 0 aliphatic carbocycles. The van der Waals surface area contributed by atoms with Gasteiger partial charge in [0.1, 0.15) is 5.84 Å². The Kier molecular flexibility index (Phi) is 3.00. The van der Waals surface area contributed by atoms with Gasteiger partial charge in [0.15, 0.2) is 5.65 Å². The maximum Gasteiger partial charge on any atom is 0.178 e. The lowest BCUT2D eigenvalue weighted by Gasteiger charge is -2.02. The molecule has 0 unspecified atom stereocenters. The molecule has 0 aliphatic heterocycles. The number of imidazole rings is 1. The minimum atomic E-state index is 0.426. The number of aromatic amines is 1. The summed E-state index contributed by atoms with van der Waals surface area (Å²) in [7, 11) is 0. The first-order chi connectivity index (χ1) is 9.24. The zero-order valence-corrected chi connectivity index (χ0v) is 11.4. The van der Waals surface area contributed by atoms with Crippen LogP contribution in [0.25, 0.3) is 11.2 Å². The molecule has 3 rings (SSSR count). The lowest BCUT2D eigenvalue weighted by Crippen LogP contribution is -2.13. The predicted octanol–water partition coefficient (Wildman–Crippen LogP) is 2.76. The number of hydrogen-bond donors (Lipinski definition) is 2. The standard InChI is InChI=1S/C13H10BrN5/c14-8-2-1-3-9(6-8)19-12(15)10-4-5-16-13-11(10)17-7-18-13/h1-7H,(H2,15,19)(H,16,17,18). The van der Waals surface area contributed by atoms with Crippen molar-refractivity contribution in [1.82, 2.24) is 15.0 Å². The summed E-state index contributed by atoms with van der Waals surface area (Å²) in [5.74, 6) is 0.426. The average Bonchev–Trinajstić information content (AvgIpc) is 2.86. The number of nitrogens with zero attached hydrogens (tertiary/aromatic N) is 3. The van der Waals surface area contributed by atoms with Crippen LogP contribution in [0.15, 0.2) is 52.3 Å². The zero-order valence-electron chi connectivity index (χ0n) is 9.84. The van der Waals surface area contributed by atoms with Crippen molar-refractivity contribution in [2.45, 2.75) is 0 Å². The minimum absolute atomic E-state index is 0.426. The van der Waals surface area contributed by atoms with E-state index in [1.54, 1.807) is 12.5 Å². The predicted molar refractivity (Wildman–Crippen MR) is 78.4 cm³/mol.